The Kier molecular flexibility index (Phi) is 6.74. The number of carbonyl (C=O) groups excluding carboxylic acids is 2. The van der Waals surface area contributed by atoms with E-state index in [4.69, 9.17) is 16.3 Å². The van der Waals surface area contributed by atoms with Crippen molar-refractivity contribution in [2.75, 3.05) is 0 Å². The van der Waals surface area contributed by atoms with Crippen LogP contribution in [0.5, 0.6) is 5.75 Å². The maximum absolute atomic E-state index is 12.4. The molecule has 0 aliphatic carbocycles. The van der Waals surface area contributed by atoms with Crippen molar-refractivity contribution >= 4 is 74.8 Å². The molecule has 0 radical (unpaired) electrons. The highest BCUT2D eigenvalue weighted by Gasteiger charge is 2.24. The van der Waals surface area contributed by atoms with Crippen LogP contribution in [0.1, 0.15) is 15.9 Å². The molecular weight excluding hydrogens is 547 g/mol. The van der Waals surface area contributed by atoms with Crippen LogP contribution in [0.25, 0.3) is 6.08 Å². The number of nitrogens with zero attached hydrogens (tertiary/aromatic N) is 1. The van der Waals surface area contributed by atoms with Crippen LogP contribution >= 0.6 is 46.0 Å². The Hall–Kier alpha value is -2.62. The van der Waals surface area contributed by atoms with Crippen LogP contribution in [0.3, 0.4) is 0 Å². The van der Waals surface area contributed by atoms with E-state index in [0.29, 0.717) is 32.1 Å². The zero-order chi connectivity index (χ0) is 21.8. The molecule has 31 heavy (non-hydrogen) atoms. The number of para-hydroxylation sites is 1. The summed E-state index contributed by atoms with van der Waals surface area (Å²) in [6.45, 7) is 0. The number of benzene rings is 3. The van der Waals surface area contributed by atoms with E-state index in [1.807, 2.05) is 30.3 Å². The summed E-state index contributed by atoms with van der Waals surface area (Å²) in [5.41, 5.74) is 1.81. The van der Waals surface area contributed by atoms with Crippen molar-refractivity contribution in [1.82, 2.24) is 5.32 Å². The normalized spacial score (nSPS) is 15.9. The largest absolute Gasteiger partial charge is 0.423 e. The minimum atomic E-state index is -0.433. The third kappa shape index (κ3) is 5.36. The van der Waals surface area contributed by atoms with Gasteiger partial charge in [0.25, 0.3) is 5.91 Å². The van der Waals surface area contributed by atoms with E-state index in [1.54, 1.807) is 48.5 Å². The van der Waals surface area contributed by atoms with E-state index in [-0.39, 0.29) is 5.91 Å². The Morgan fingerprint density at radius 3 is 2.65 bits per heavy atom. The predicted octanol–water partition coefficient (Wildman–Crippen LogP) is 6.06. The number of esters is 1. The van der Waals surface area contributed by atoms with Gasteiger partial charge in [-0.3, -0.25) is 4.79 Å². The predicted molar refractivity (Wildman–Crippen MR) is 133 cm³/mol. The third-order valence-corrected chi connectivity index (χ3v) is 6.36. The first-order valence-corrected chi connectivity index (χ1v) is 11.4. The smallest absolute Gasteiger partial charge is 0.344 e. The van der Waals surface area contributed by atoms with E-state index < -0.39 is 5.97 Å². The van der Waals surface area contributed by atoms with Crippen LogP contribution in [-0.2, 0) is 4.79 Å². The van der Waals surface area contributed by atoms with Crippen LogP contribution in [0, 0.1) is 3.57 Å². The van der Waals surface area contributed by atoms with Gasteiger partial charge in [-0.1, -0.05) is 48.0 Å². The molecule has 4 rings (SSSR count). The molecule has 0 bridgehead atoms. The molecule has 154 valence electrons. The maximum Gasteiger partial charge on any atom is 0.344 e. The summed E-state index contributed by atoms with van der Waals surface area (Å²) in [6, 6.07) is 21.4. The third-order valence-electron chi connectivity index (χ3n) is 4.19. The standard InChI is InChI=1S/C23H14ClIN2O3S/c24-17-9-2-4-11-19(17)26-23-27-21(28)20(31-23)13-14-6-5-7-15(12-14)30-22(29)16-8-1-3-10-18(16)25/h1-13H,(H,26,27,28)/b20-13-. The van der Waals surface area contributed by atoms with Crippen LogP contribution in [0.2, 0.25) is 5.02 Å². The number of aliphatic imine (C=N–C) groups is 1. The van der Waals surface area contributed by atoms with Gasteiger partial charge in [-0.2, -0.15) is 0 Å². The summed E-state index contributed by atoms with van der Waals surface area (Å²) >= 11 is 9.45. The lowest BCUT2D eigenvalue weighted by Crippen LogP contribution is -2.19. The van der Waals surface area contributed by atoms with Gasteiger partial charge in [0.05, 0.1) is 21.2 Å². The molecule has 8 heteroatoms. The molecule has 3 aromatic rings. The summed E-state index contributed by atoms with van der Waals surface area (Å²) in [6.07, 6.45) is 1.72. The maximum atomic E-state index is 12.4. The van der Waals surface area contributed by atoms with Gasteiger partial charge in [0, 0.05) is 3.57 Å². The first kappa shape index (κ1) is 21.6. The Bertz CT molecular complexity index is 1240. The van der Waals surface area contributed by atoms with Crippen molar-refractivity contribution in [3.8, 4) is 5.75 Å². The summed E-state index contributed by atoms with van der Waals surface area (Å²) in [7, 11) is 0. The van der Waals surface area contributed by atoms with Gasteiger partial charge in [0.15, 0.2) is 5.17 Å². The van der Waals surface area contributed by atoms with Gasteiger partial charge in [0.1, 0.15) is 5.75 Å². The molecule has 1 N–H and O–H groups in total. The second-order valence-corrected chi connectivity index (χ2v) is 8.98. The van der Waals surface area contributed by atoms with Crippen molar-refractivity contribution in [3.05, 3.63) is 97.4 Å². The molecule has 1 amide bonds. The average Bonchev–Trinajstić information content (AvgIpc) is 3.09. The van der Waals surface area contributed by atoms with Crippen molar-refractivity contribution in [2.45, 2.75) is 0 Å². The number of nitrogens with one attached hydrogen (secondary N) is 1. The van der Waals surface area contributed by atoms with Crippen molar-refractivity contribution in [2.24, 2.45) is 4.99 Å². The van der Waals surface area contributed by atoms with Crippen molar-refractivity contribution in [3.63, 3.8) is 0 Å². The van der Waals surface area contributed by atoms with E-state index in [2.05, 4.69) is 32.9 Å². The van der Waals surface area contributed by atoms with E-state index in [1.165, 1.54) is 11.8 Å². The number of amidine groups is 1. The van der Waals surface area contributed by atoms with Crippen LogP contribution in [0.4, 0.5) is 5.69 Å². The Morgan fingerprint density at radius 1 is 1.06 bits per heavy atom. The number of amides is 1. The van der Waals surface area contributed by atoms with Gasteiger partial charge >= 0.3 is 5.97 Å². The summed E-state index contributed by atoms with van der Waals surface area (Å²) in [5, 5.41) is 3.69. The van der Waals surface area contributed by atoms with Gasteiger partial charge in [-0.05, 0) is 82.4 Å². The fourth-order valence-electron chi connectivity index (χ4n) is 2.74. The zero-order valence-electron chi connectivity index (χ0n) is 15.8. The van der Waals surface area contributed by atoms with Crippen LogP contribution in [-0.4, -0.2) is 17.0 Å². The Balaban J connectivity index is 1.52. The molecule has 0 aromatic heterocycles. The number of halogens is 2. The molecule has 1 heterocycles. The number of carbonyl (C=O) groups is 2. The summed E-state index contributed by atoms with van der Waals surface area (Å²) < 4.78 is 6.32. The number of thioether (sulfide) groups is 1. The van der Waals surface area contributed by atoms with Crippen molar-refractivity contribution < 1.29 is 14.3 Å². The van der Waals surface area contributed by atoms with Gasteiger partial charge in [-0.25, -0.2) is 9.79 Å². The molecule has 1 aliphatic heterocycles. The highest BCUT2D eigenvalue weighted by Crippen LogP contribution is 2.31. The fourth-order valence-corrected chi connectivity index (χ4v) is 4.36. The molecule has 1 fully saturated rings. The molecule has 0 unspecified atom stereocenters. The minimum Gasteiger partial charge on any atom is -0.423 e. The van der Waals surface area contributed by atoms with Gasteiger partial charge < -0.3 is 10.1 Å². The first-order valence-electron chi connectivity index (χ1n) is 9.10. The monoisotopic (exact) mass is 560 g/mol. The molecule has 5 nitrogen and oxygen atoms in total. The lowest BCUT2D eigenvalue weighted by atomic mass is 10.2. The van der Waals surface area contributed by atoms with Gasteiger partial charge in [0.2, 0.25) is 0 Å². The molecule has 1 aliphatic rings. The quantitative estimate of drug-likeness (QED) is 0.182. The lowest BCUT2D eigenvalue weighted by molar-refractivity contribution is -0.115. The second-order valence-electron chi connectivity index (χ2n) is 6.37. The average molecular weight is 561 g/mol. The number of hydrogen-bond donors (Lipinski definition) is 1. The topological polar surface area (TPSA) is 67.8 Å². The second kappa shape index (κ2) is 9.67. The SMILES string of the molecule is O=C1NC(=Nc2ccccc2Cl)S/C1=C\c1cccc(OC(=O)c2ccccc2I)c1. The summed E-state index contributed by atoms with van der Waals surface area (Å²) in [4.78, 5) is 29.7. The zero-order valence-corrected chi connectivity index (χ0v) is 19.6. The van der Waals surface area contributed by atoms with Crippen molar-refractivity contribution in [1.29, 1.82) is 0 Å². The molecule has 3 aromatic carbocycles. The fraction of sp³-hybridized carbons (Fsp3) is 0. The number of hydrogen-bond acceptors (Lipinski definition) is 5. The molecule has 0 saturated carbocycles. The molecule has 0 atom stereocenters. The van der Waals surface area contributed by atoms with E-state index in [9.17, 15) is 9.59 Å². The molecule has 0 spiro atoms. The highest BCUT2D eigenvalue weighted by atomic mass is 127. The van der Waals surface area contributed by atoms with E-state index >= 15 is 0 Å². The number of ether oxygens (including phenoxy) is 1. The molecular formula is C23H14ClIN2O3S. The first-order chi connectivity index (χ1) is 15.0. The molecule has 1 saturated heterocycles. The Labute approximate surface area is 201 Å². The summed E-state index contributed by atoms with van der Waals surface area (Å²) in [5.74, 6) is -0.290. The van der Waals surface area contributed by atoms with Gasteiger partial charge in [-0.15, -0.1) is 0 Å². The van der Waals surface area contributed by atoms with E-state index in [0.717, 1.165) is 9.13 Å². The van der Waals surface area contributed by atoms with Crippen LogP contribution < -0.4 is 10.1 Å². The highest BCUT2D eigenvalue weighted by molar-refractivity contribution is 14.1. The minimum absolute atomic E-state index is 0.253. The van der Waals surface area contributed by atoms with Crippen LogP contribution in [0.15, 0.2) is 82.7 Å². The Morgan fingerprint density at radius 2 is 1.84 bits per heavy atom. The number of rotatable bonds is 4. The lowest BCUT2D eigenvalue weighted by Gasteiger charge is -2.06.